The minimum atomic E-state index is -4.79. The number of alkyl halides is 3. The normalized spacial score (nSPS) is 24.6. The molecule has 0 spiro atoms. The summed E-state index contributed by atoms with van der Waals surface area (Å²) in [5.74, 6) is -0.629. The van der Waals surface area contributed by atoms with Crippen molar-refractivity contribution in [1.29, 1.82) is 5.26 Å². The van der Waals surface area contributed by atoms with Gasteiger partial charge in [-0.2, -0.15) is 5.26 Å². The standard InChI is InChI=1S/C14H13F3N2O2/c1-9-6-13(7-9,8-18)12(20)19-10-3-2-4-11(5-10)21-14(15,16)17/h2-5,9H,6-7H2,1H3,(H,19,20). The Bertz CT molecular complexity index is 587. The molecule has 1 amide bonds. The van der Waals surface area contributed by atoms with Gasteiger partial charge in [-0.05, 0) is 30.9 Å². The highest BCUT2D eigenvalue weighted by atomic mass is 19.4. The van der Waals surface area contributed by atoms with Crippen molar-refractivity contribution in [1.82, 2.24) is 0 Å². The maximum absolute atomic E-state index is 12.1. The van der Waals surface area contributed by atoms with Crippen LogP contribution in [0, 0.1) is 22.7 Å². The van der Waals surface area contributed by atoms with Gasteiger partial charge in [0.2, 0.25) is 5.91 Å². The van der Waals surface area contributed by atoms with Gasteiger partial charge in [0.05, 0.1) is 6.07 Å². The van der Waals surface area contributed by atoms with Crippen LogP contribution >= 0.6 is 0 Å². The zero-order valence-corrected chi connectivity index (χ0v) is 11.2. The molecule has 0 bridgehead atoms. The predicted octanol–water partition coefficient (Wildman–Crippen LogP) is 3.46. The molecule has 21 heavy (non-hydrogen) atoms. The number of nitriles is 1. The number of amides is 1. The zero-order chi connectivity index (χ0) is 15.7. The van der Waals surface area contributed by atoms with Gasteiger partial charge in [-0.15, -0.1) is 13.2 Å². The number of carbonyl (C=O) groups is 1. The van der Waals surface area contributed by atoms with Crippen LogP contribution in [0.4, 0.5) is 18.9 Å². The first-order chi connectivity index (χ1) is 9.74. The van der Waals surface area contributed by atoms with E-state index >= 15 is 0 Å². The summed E-state index contributed by atoms with van der Waals surface area (Å²) < 4.78 is 40.2. The third-order valence-electron chi connectivity index (χ3n) is 3.37. The highest BCUT2D eigenvalue weighted by Crippen LogP contribution is 2.45. The van der Waals surface area contributed by atoms with Crippen LogP contribution in [0.15, 0.2) is 24.3 Å². The van der Waals surface area contributed by atoms with Crippen LogP contribution in [0.25, 0.3) is 0 Å². The van der Waals surface area contributed by atoms with E-state index < -0.39 is 23.4 Å². The molecule has 1 fully saturated rings. The summed E-state index contributed by atoms with van der Waals surface area (Å²) in [7, 11) is 0. The van der Waals surface area contributed by atoms with Gasteiger partial charge in [0, 0.05) is 11.8 Å². The van der Waals surface area contributed by atoms with Crippen LogP contribution in [0.3, 0.4) is 0 Å². The number of carbonyl (C=O) groups excluding carboxylic acids is 1. The number of ether oxygens (including phenoxy) is 1. The van der Waals surface area contributed by atoms with Gasteiger partial charge in [0.15, 0.2) is 0 Å². The average Bonchev–Trinajstić information content (AvgIpc) is 2.32. The Labute approximate surface area is 119 Å². The SMILES string of the molecule is CC1CC(C#N)(C(=O)Nc2cccc(OC(F)(F)F)c2)C1. The molecule has 2 rings (SSSR count). The Morgan fingerprint density at radius 1 is 1.48 bits per heavy atom. The van der Waals surface area contributed by atoms with E-state index in [-0.39, 0.29) is 11.6 Å². The Morgan fingerprint density at radius 2 is 2.14 bits per heavy atom. The molecule has 112 valence electrons. The first-order valence-electron chi connectivity index (χ1n) is 6.33. The van der Waals surface area contributed by atoms with Crippen LogP contribution in [-0.2, 0) is 4.79 Å². The van der Waals surface area contributed by atoms with Crippen molar-refractivity contribution in [2.24, 2.45) is 11.3 Å². The molecule has 0 aromatic heterocycles. The van der Waals surface area contributed by atoms with E-state index in [1.807, 2.05) is 13.0 Å². The van der Waals surface area contributed by atoms with Gasteiger partial charge in [-0.3, -0.25) is 4.79 Å². The molecule has 0 saturated heterocycles. The second-order valence-electron chi connectivity index (χ2n) is 5.24. The van der Waals surface area contributed by atoms with E-state index in [0.29, 0.717) is 12.8 Å². The molecule has 1 aromatic carbocycles. The van der Waals surface area contributed by atoms with Crippen molar-refractivity contribution >= 4 is 11.6 Å². The van der Waals surface area contributed by atoms with Gasteiger partial charge in [0.25, 0.3) is 0 Å². The topological polar surface area (TPSA) is 62.1 Å². The van der Waals surface area contributed by atoms with E-state index in [1.165, 1.54) is 12.1 Å². The number of benzene rings is 1. The fraction of sp³-hybridized carbons (Fsp3) is 0.429. The molecule has 1 N–H and O–H groups in total. The van der Waals surface area contributed by atoms with Crippen molar-refractivity contribution in [3.05, 3.63) is 24.3 Å². The number of hydrogen-bond acceptors (Lipinski definition) is 3. The van der Waals surface area contributed by atoms with Crippen molar-refractivity contribution in [2.45, 2.75) is 26.1 Å². The first kappa shape index (κ1) is 15.2. The second kappa shape index (κ2) is 5.28. The van der Waals surface area contributed by atoms with Crippen molar-refractivity contribution in [3.63, 3.8) is 0 Å². The molecular weight excluding hydrogens is 285 g/mol. The Balaban J connectivity index is 2.08. The molecule has 0 unspecified atom stereocenters. The minimum absolute atomic E-state index is 0.163. The minimum Gasteiger partial charge on any atom is -0.406 e. The summed E-state index contributed by atoms with van der Waals surface area (Å²) in [5, 5.41) is 11.6. The molecule has 0 atom stereocenters. The molecular formula is C14H13F3N2O2. The van der Waals surface area contributed by atoms with E-state index in [0.717, 1.165) is 12.1 Å². The highest BCUT2D eigenvalue weighted by Gasteiger charge is 2.49. The van der Waals surface area contributed by atoms with Gasteiger partial charge < -0.3 is 10.1 Å². The third kappa shape index (κ3) is 3.45. The average molecular weight is 298 g/mol. The van der Waals surface area contributed by atoms with Crippen molar-refractivity contribution in [3.8, 4) is 11.8 Å². The monoisotopic (exact) mass is 298 g/mol. The van der Waals surface area contributed by atoms with Crippen molar-refractivity contribution in [2.75, 3.05) is 5.32 Å². The summed E-state index contributed by atoms with van der Waals surface area (Å²) in [6.07, 6.45) is -3.89. The number of halogens is 3. The molecule has 1 aliphatic carbocycles. The largest absolute Gasteiger partial charge is 0.573 e. The number of nitrogens with zero attached hydrogens (tertiary/aromatic N) is 1. The molecule has 1 aromatic rings. The van der Waals surface area contributed by atoms with Gasteiger partial charge in [0.1, 0.15) is 11.2 Å². The summed E-state index contributed by atoms with van der Waals surface area (Å²) in [6.45, 7) is 1.93. The number of hydrogen-bond donors (Lipinski definition) is 1. The van der Waals surface area contributed by atoms with E-state index in [9.17, 15) is 18.0 Å². The summed E-state index contributed by atoms with van der Waals surface area (Å²) in [5.41, 5.74) is -0.920. The maximum Gasteiger partial charge on any atom is 0.573 e. The smallest absolute Gasteiger partial charge is 0.406 e. The second-order valence-corrected chi connectivity index (χ2v) is 5.24. The van der Waals surface area contributed by atoms with Gasteiger partial charge >= 0.3 is 6.36 Å². The van der Waals surface area contributed by atoms with Gasteiger partial charge in [-0.25, -0.2) is 0 Å². The van der Waals surface area contributed by atoms with Crippen LogP contribution in [0.5, 0.6) is 5.75 Å². The van der Waals surface area contributed by atoms with E-state index in [4.69, 9.17) is 5.26 Å². The molecule has 7 heteroatoms. The maximum atomic E-state index is 12.1. The lowest BCUT2D eigenvalue weighted by Gasteiger charge is -2.39. The Kier molecular flexibility index (Phi) is 3.81. The van der Waals surface area contributed by atoms with Crippen LogP contribution in [-0.4, -0.2) is 12.3 Å². The highest BCUT2D eigenvalue weighted by molar-refractivity contribution is 5.98. The lowest BCUT2D eigenvalue weighted by molar-refractivity contribution is -0.274. The lowest BCUT2D eigenvalue weighted by atomic mass is 9.63. The molecule has 0 aliphatic heterocycles. The Morgan fingerprint density at radius 3 is 2.67 bits per heavy atom. The first-order valence-corrected chi connectivity index (χ1v) is 6.33. The Hall–Kier alpha value is -2.23. The van der Waals surface area contributed by atoms with E-state index in [2.05, 4.69) is 10.1 Å². The van der Waals surface area contributed by atoms with Gasteiger partial charge in [-0.1, -0.05) is 13.0 Å². The summed E-state index contributed by atoms with van der Waals surface area (Å²) >= 11 is 0. The molecule has 0 heterocycles. The lowest BCUT2D eigenvalue weighted by Crippen LogP contribution is -2.45. The van der Waals surface area contributed by atoms with Crippen molar-refractivity contribution < 1.29 is 22.7 Å². The zero-order valence-electron chi connectivity index (χ0n) is 11.2. The number of nitrogens with one attached hydrogen (secondary N) is 1. The fourth-order valence-corrected chi connectivity index (χ4v) is 2.48. The predicted molar refractivity (Wildman–Crippen MR) is 68.2 cm³/mol. The molecule has 0 radical (unpaired) electrons. The number of anilines is 1. The molecule has 1 saturated carbocycles. The van der Waals surface area contributed by atoms with Crippen LogP contribution < -0.4 is 10.1 Å². The fourth-order valence-electron chi connectivity index (χ4n) is 2.48. The van der Waals surface area contributed by atoms with E-state index in [1.54, 1.807) is 0 Å². The molecule has 1 aliphatic rings. The number of rotatable bonds is 3. The third-order valence-corrected chi connectivity index (χ3v) is 3.37. The van der Waals surface area contributed by atoms with Crippen LogP contribution in [0.2, 0.25) is 0 Å². The quantitative estimate of drug-likeness (QED) is 0.929. The summed E-state index contributed by atoms with van der Waals surface area (Å²) in [4.78, 5) is 12.1. The summed E-state index contributed by atoms with van der Waals surface area (Å²) in [6, 6.07) is 6.97. The van der Waals surface area contributed by atoms with Crippen LogP contribution in [0.1, 0.15) is 19.8 Å². The molecule has 4 nitrogen and oxygen atoms in total.